The van der Waals surface area contributed by atoms with Gasteiger partial charge in [0.25, 0.3) is 0 Å². The van der Waals surface area contributed by atoms with E-state index in [1.807, 2.05) is 7.05 Å². The largest absolute Gasteiger partial charge is 0.327 e. The van der Waals surface area contributed by atoms with Gasteiger partial charge in [-0.15, -0.1) is 0 Å². The van der Waals surface area contributed by atoms with Crippen molar-refractivity contribution in [1.82, 2.24) is 5.32 Å². The Balaban J connectivity index is 2.35. The van der Waals surface area contributed by atoms with Crippen LogP contribution >= 0.6 is 0 Å². The molecule has 10 heavy (non-hydrogen) atoms. The quantitative estimate of drug-likeness (QED) is 0.607. The van der Waals surface area contributed by atoms with Crippen LogP contribution in [0.4, 0.5) is 0 Å². The standard InChI is InChI=1S/C8H18N2/c1-3-7(9)8(4-5-8)6-10-2/h7,10H,3-6,9H2,1-2H3. The molecule has 1 aliphatic carbocycles. The summed E-state index contributed by atoms with van der Waals surface area (Å²) < 4.78 is 0. The predicted octanol–water partition coefficient (Wildman–Crippen LogP) is 0.723. The second-order valence-corrected chi connectivity index (χ2v) is 3.41. The van der Waals surface area contributed by atoms with E-state index in [0.717, 1.165) is 13.0 Å². The number of nitrogens with one attached hydrogen (secondary N) is 1. The molecule has 2 nitrogen and oxygen atoms in total. The van der Waals surface area contributed by atoms with Gasteiger partial charge in [-0.05, 0) is 31.7 Å². The van der Waals surface area contributed by atoms with Crippen LogP contribution in [0.25, 0.3) is 0 Å². The summed E-state index contributed by atoms with van der Waals surface area (Å²) >= 11 is 0. The fraction of sp³-hybridized carbons (Fsp3) is 1.00. The molecule has 1 fully saturated rings. The van der Waals surface area contributed by atoms with Crippen LogP contribution in [0, 0.1) is 5.41 Å². The van der Waals surface area contributed by atoms with Crippen molar-refractivity contribution in [2.45, 2.75) is 32.2 Å². The van der Waals surface area contributed by atoms with E-state index in [9.17, 15) is 0 Å². The van der Waals surface area contributed by atoms with E-state index >= 15 is 0 Å². The zero-order valence-electron chi connectivity index (χ0n) is 6.98. The topological polar surface area (TPSA) is 38.0 Å². The molecule has 1 saturated carbocycles. The van der Waals surface area contributed by atoms with Crippen LogP contribution in [-0.4, -0.2) is 19.6 Å². The third-order valence-corrected chi connectivity index (χ3v) is 2.65. The van der Waals surface area contributed by atoms with Gasteiger partial charge in [0.1, 0.15) is 0 Å². The SMILES string of the molecule is CCC(N)C1(CNC)CC1. The van der Waals surface area contributed by atoms with Crippen LogP contribution in [-0.2, 0) is 0 Å². The third-order valence-electron chi connectivity index (χ3n) is 2.65. The van der Waals surface area contributed by atoms with Gasteiger partial charge in [0.2, 0.25) is 0 Å². The first-order chi connectivity index (χ1) is 4.75. The van der Waals surface area contributed by atoms with Gasteiger partial charge < -0.3 is 11.1 Å². The maximum atomic E-state index is 5.96. The number of hydrogen-bond donors (Lipinski definition) is 2. The highest BCUT2D eigenvalue weighted by Gasteiger charge is 2.46. The Morgan fingerprint density at radius 3 is 2.50 bits per heavy atom. The average Bonchev–Trinajstić information content (AvgIpc) is 2.69. The summed E-state index contributed by atoms with van der Waals surface area (Å²) in [6, 6.07) is 0.417. The lowest BCUT2D eigenvalue weighted by Gasteiger charge is -2.21. The lowest BCUT2D eigenvalue weighted by atomic mass is 9.95. The van der Waals surface area contributed by atoms with Crippen LogP contribution in [0.3, 0.4) is 0 Å². The summed E-state index contributed by atoms with van der Waals surface area (Å²) in [6.45, 7) is 3.27. The monoisotopic (exact) mass is 142 g/mol. The highest BCUT2D eigenvalue weighted by atomic mass is 14.9. The number of rotatable bonds is 4. The van der Waals surface area contributed by atoms with E-state index in [1.165, 1.54) is 12.8 Å². The fourth-order valence-electron chi connectivity index (χ4n) is 1.62. The molecule has 1 atom stereocenters. The van der Waals surface area contributed by atoms with Gasteiger partial charge in [-0.3, -0.25) is 0 Å². The van der Waals surface area contributed by atoms with Crippen LogP contribution in [0.15, 0.2) is 0 Å². The lowest BCUT2D eigenvalue weighted by molar-refractivity contribution is 0.375. The second-order valence-electron chi connectivity index (χ2n) is 3.41. The minimum Gasteiger partial charge on any atom is -0.327 e. The van der Waals surface area contributed by atoms with Gasteiger partial charge in [0.15, 0.2) is 0 Å². The summed E-state index contributed by atoms with van der Waals surface area (Å²) in [6.07, 6.45) is 3.76. The maximum Gasteiger partial charge on any atom is 0.0105 e. The van der Waals surface area contributed by atoms with E-state index in [0.29, 0.717) is 11.5 Å². The smallest absolute Gasteiger partial charge is 0.0105 e. The molecule has 0 spiro atoms. The zero-order valence-corrected chi connectivity index (χ0v) is 6.98. The second kappa shape index (κ2) is 2.89. The lowest BCUT2D eigenvalue weighted by Crippen LogP contribution is -2.37. The molecule has 2 heteroatoms. The van der Waals surface area contributed by atoms with Gasteiger partial charge in [-0.25, -0.2) is 0 Å². The van der Waals surface area contributed by atoms with E-state index < -0.39 is 0 Å². The molecule has 0 heterocycles. The van der Waals surface area contributed by atoms with Crippen LogP contribution in [0.5, 0.6) is 0 Å². The Morgan fingerprint density at radius 1 is 1.60 bits per heavy atom. The van der Waals surface area contributed by atoms with Crippen molar-refractivity contribution >= 4 is 0 Å². The van der Waals surface area contributed by atoms with Crippen molar-refractivity contribution in [2.75, 3.05) is 13.6 Å². The van der Waals surface area contributed by atoms with E-state index in [1.54, 1.807) is 0 Å². The normalized spacial score (nSPS) is 24.3. The Hall–Kier alpha value is -0.0800. The van der Waals surface area contributed by atoms with Crippen molar-refractivity contribution < 1.29 is 0 Å². The minimum atomic E-state index is 0.417. The Morgan fingerprint density at radius 2 is 2.20 bits per heavy atom. The third kappa shape index (κ3) is 1.32. The molecule has 0 bridgehead atoms. The zero-order chi connectivity index (χ0) is 7.61. The summed E-state index contributed by atoms with van der Waals surface area (Å²) in [4.78, 5) is 0. The van der Waals surface area contributed by atoms with Crippen LogP contribution in [0.1, 0.15) is 26.2 Å². The van der Waals surface area contributed by atoms with Crippen molar-refractivity contribution in [2.24, 2.45) is 11.1 Å². The van der Waals surface area contributed by atoms with Gasteiger partial charge in [-0.1, -0.05) is 6.92 Å². The highest BCUT2D eigenvalue weighted by Crippen LogP contribution is 2.48. The molecule has 3 N–H and O–H groups in total. The van der Waals surface area contributed by atoms with Crippen molar-refractivity contribution in [3.8, 4) is 0 Å². The summed E-state index contributed by atoms with van der Waals surface area (Å²) in [5, 5.41) is 3.21. The molecule has 0 aliphatic heterocycles. The number of hydrogen-bond acceptors (Lipinski definition) is 2. The summed E-state index contributed by atoms with van der Waals surface area (Å²) in [5.74, 6) is 0. The maximum absolute atomic E-state index is 5.96. The van der Waals surface area contributed by atoms with E-state index in [4.69, 9.17) is 5.73 Å². The van der Waals surface area contributed by atoms with Gasteiger partial charge in [-0.2, -0.15) is 0 Å². The first kappa shape index (κ1) is 8.02. The summed E-state index contributed by atoms with van der Waals surface area (Å²) in [7, 11) is 2.00. The van der Waals surface area contributed by atoms with Gasteiger partial charge >= 0.3 is 0 Å². The van der Waals surface area contributed by atoms with Crippen molar-refractivity contribution in [3.63, 3.8) is 0 Å². The predicted molar refractivity (Wildman–Crippen MR) is 43.9 cm³/mol. The fourth-order valence-corrected chi connectivity index (χ4v) is 1.62. The average molecular weight is 142 g/mol. The van der Waals surface area contributed by atoms with Gasteiger partial charge in [0.05, 0.1) is 0 Å². The molecule has 0 amide bonds. The molecule has 1 unspecified atom stereocenters. The van der Waals surface area contributed by atoms with Crippen molar-refractivity contribution in [3.05, 3.63) is 0 Å². The van der Waals surface area contributed by atoms with Crippen LogP contribution < -0.4 is 11.1 Å². The molecule has 1 rings (SSSR count). The Kier molecular flexibility index (Phi) is 2.32. The first-order valence-corrected chi connectivity index (χ1v) is 4.15. The Labute approximate surface area is 63.2 Å². The molecule has 0 aromatic carbocycles. The molecule has 0 aromatic heterocycles. The minimum absolute atomic E-state index is 0.417. The molecular weight excluding hydrogens is 124 g/mol. The highest BCUT2D eigenvalue weighted by molar-refractivity contribution is 5.01. The van der Waals surface area contributed by atoms with E-state index in [-0.39, 0.29) is 0 Å². The molecule has 60 valence electrons. The molecule has 1 aliphatic rings. The number of nitrogens with two attached hydrogens (primary N) is 1. The molecule has 0 saturated heterocycles. The Bertz CT molecular complexity index is 108. The van der Waals surface area contributed by atoms with Crippen LogP contribution in [0.2, 0.25) is 0 Å². The van der Waals surface area contributed by atoms with E-state index in [2.05, 4.69) is 12.2 Å². The van der Waals surface area contributed by atoms with Crippen molar-refractivity contribution in [1.29, 1.82) is 0 Å². The molecule has 0 radical (unpaired) electrons. The first-order valence-electron chi connectivity index (χ1n) is 4.15. The molecule has 0 aromatic rings. The summed E-state index contributed by atoms with van der Waals surface area (Å²) in [5.41, 5.74) is 6.44. The van der Waals surface area contributed by atoms with Gasteiger partial charge in [0, 0.05) is 12.6 Å². The molecular formula is C8H18N2.